The standard InChI is InChI=1S/C21H22O14S2/c1-30-21-18(34-20(23)14-10-6-3-7-11-14)17(33-19(22)13-8-4-2-5-9-13)16(35-37(27,28)29)15(32-21)12-31-36(24,25)26/h2-11,15-18,21H,12H2,1H3,(H,24,25,26)(H,27,28,29)/t15-,16+,17-,18-,21+/m0/s1. The second-order valence-electron chi connectivity index (χ2n) is 7.45. The number of carbonyl (C=O) groups is 2. The third-order valence-corrected chi connectivity index (χ3v) is 5.84. The van der Waals surface area contributed by atoms with Crippen molar-refractivity contribution < 1.29 is 62.8 Å². The SMILES string of the molecule is CO[C@@H]1O[C@@H](COS(=O)(=O)O)[C@@H](OS(=O)(=O)O)[C@H](OC(=O)c2ccccc2)[C@@H]1OC(=O)c1ccccc1. The maximum Gasteiger partial charge on any atom is 0.397 e. The lowest BCUT2D eigenvalue weighted by molar-refractivity contribution is -0.287. The summed E-state index contributed by atoms with van der Waals surface area (Å²) in [5, 5.41) is 0. The molecule has 5 atom stereocenters. The minimum atomic E-state index is -5.29. The number of carbonyl (C=O) groups excluding carboxylic acids is 2. The number of esters is 2. The Morgan fingerprint density at radius 1 is 0.784 bits per heavy atom. The molecule has 0 unspecified atom stereocenters. The summed E-state index contributed by atoms with van der Waals surface area (Å²) in [4.78, 5) is 25.7. The van der Waals surface area contributed by atoms with Crippen molar-refractivity contribution in [2.45, 2.75) is 30.7 Å². The van der Waals surface area contributed by atoms with E-state index >= 15 is 0 Å². The number of methoxy groups -OCH3 is 1. The summed E-state index contributed by atoms with van der Waals surface area (Å²) in [7, 11) is -9.23. The predicted octanol–water partition coefficient (Wildman–Crippen LogP) is 0.816. The van der Waals surface area contributed by atoms with E-state index in [0.29, 0.717) is 0 Å². The molecule has 0 aromatic heterocycles. The molecule has 14 nitrogen and oxygen atoms in total. The monoisotopic (exact) mass is 562 g/mol. The largest absolute Gasteiger partial charge is 0.452 e. The fraction of sp³-hybridized carbons (Fsp3) is 0.333. The lowest BCUT2D eigenvalue weighted by Gasteiger charge is -2.43. The van der Waals surface area contributed by atoms with Crippen LogP contribution in [-0.2, 0) is 48.1 Å². The quantitative estimate of drug-likeness (QED) is 0.305. The van der Waals surface area contributed by atoms with Crippen LogP contribution < -0.4 is 0 Å². The fourth-order valence-electron chi connectivity index (χ4n) is 3.40. The molecule has 2 N–H and O–H groups in total. The van der Waals surface area contributed by atoms with Crippen LogP contribution in [0.4, 0.5) is 0 Å². The van der Waals surface area contributed by atoms with Gasteiger partial charge in [-0.1, -0.05) is 36.4 Å². The number of hydrogen-bond acceptors (Lipinski definition) is 12. The summed E-state index contributed by atoms with van der Waals surface area (Å²) < 4.78 is 94.2. The highest BCUT2D eigenvalue weighted by atomic mass is 32.3. The van der Waals surface area contributed by atoms with E-state index in [1.807, 2.05) is 0 Å². The Hall–Kier alpha value is -2.96. The maximum atomic E-state index is 12.9. The van der Waals surface area contributed by atoms with Gasteiger partial charge < -0.3 is 18.9 Å². The van der Waals surface area contributed by atoms with E-state index < -0.39 is 70.0 Å². The zero-order chi connectivity index (χ0) is 27.2. The van der Waals surface area contributed by atoms with E-state index in [1.165, 1.54) is 36.4 Å². The number of ether oxygens (including phenoxy) is 4. The molecule has 2 aromatic rings. The summed E-state index contributed by atoms with van der Waals surface area (Å²) in [6.07, 6.45) is -8.94. The molecule has 1 fully saturated rings. The van der Waals surface area contributed by atoms with Crippen LogP contribution in [0.15, 0.2) is 60.7 Å². The molecule has 0 bridgehead atoms. The Kier molecular flexibility index (Phi) is 9.32. The second-order valence-corrected chi connectivity index (χ2v) is 9.59. The molecule has 1 saturated heterocycles. The van der Waals surface area contributed by atoms with Gasteiger partial charge in [0.2, 0.25) is 0 Å². The van der Waals surface area contributed by atoms with Crippen molar-refractivity contribution in [2.75, 3.05) is 13.7 Å². The molecule has 1 aliphatic heterocycles. The molecule has 1 heterocycles. The lowest BCUT2D eigenvalue weighted by atomic mass is 9.98. The molecule has 0 spiro atoms. The second kappa shape index (κ2) is 12.1. The zero-order valence-corrected chi connectivity index (χ0v) is 20.6. The molecule has 0 saturated carbocycles. The highest BCUT2D eigenvalue weighted by molar-refractivity contribution is 7.81. The van der Waals surface area contributed by atoms with Crippen LogP contribution in [-0.4, -0.2) is 82.3 Å². The molecule has 1 aliphatic rings. The van der Waals surface area contributed by atoms with Gasteiger partial charge in [-0.3, -0.25) is 9.11 Å². The van der Waals surface area contributed by atoms with Crippen LogP contribution in [0.5, 0.6) is 0 Å². The van der Waals surface area contributed by atoms with Crippen LogP contribution in [0.25, 0.3) is 0 Å². The molecule has 3 rings (SSSR count). The average molecular weight is 563 g/mol. The Labute approximate surface area is 211 Å². The van der Waals surface area contributed by atoms with Crippen molar-refractivity contribution in [3.8, 4) is 0 Å². The Balaban J connectivity index is 2.03. The van der Waals surface area contributed by atoms with E-state index in [4.69, 9.17) is 23.5 Å². The highest BCUT2D eigenvalue weighted by Gasteiger charge is 2.53. The number of hydrogen-bond donors (Lipinski definition) is 2. The van der Waals surface area contributed by atoms with Gasteiger partial charge in [0.05, 0.1) is 17.7 Å². The van der Waals surface area contributed by atoms with Crippen LogP contribution in [0.3, 0.4) is 0 Å². The molecule has 37 heavy (non-hydrogen) atoms. The molecular formula is C21H22O14S2. The normalized spacial score (nSPS) is 24.2. The first-order valence-corrected chi connectivity index (χ1v) is 13.1. The van der Waals surface area contributed by atoms with Gasteiger partial charge in [0.25, 0.3) is 0 Å². The lowest BCUT2D eigenvalue weighted by Crippen LogP contribution is -2.63. The van der Waals surface area contributed by atoms with Gasteiger partial charge in [0.15, 0.2) is 18.5 Å². The van der Waals surface area contributed by atoms with Crippen molar-refractivity contribution in [3.63, 3.8) is 0 Å². The van der Waals surface area contributed by atoms with Gasteiger partial charge in [-0.2, -0.15) is 16.8 Å². The first-order valence-electron chi connectivity index (χ1n) is 10.4. The van der Waals surface area contributed by atoms with Gasteiger partial charge in [-0.25, -0.2) is 18.0 Å². The topological polar surface area (TPSA) is 198 Å². The van der Waals surface area contributed by atoms with Crippen molar-refractivity contribution >= 4 is 32.7 Å². The minimum Gasteiger partial charge on any atom is -0.452 e. The third-order valence-electron chi connectivity index (χ3n) is 4.94. The number of rotatable bonds is 10. The molecule has 2 aromatic carbocycles. The number of benzene rings is 2. The molecule has 0 amide bonds. The van der Waals surface area contributed by atoms with Crippen molar-refractivity contribution in [1.29, 1.82) is 0 Å². The summed E-state index contributed by atoms with van der Waals surface area (Å²) in [6, 6.07) is 14.9. The van der Waals surface area contributed by atoms with Gasteiger partial charge in [-0.05, 0) is 24.3 Å². The van der Waals surface area contributed by atoms with Gasteiger partial charge >= 0.3 is 32.7 Å². The van der Waals surface area contributed by atoms with Crippen molar-refractivity contribution in [3.05, 3.63) is 71.8 Å². The fourth-order valence-corrected chi connectivity index (χ4v) is 4.22. The van der Waals surface area contributed by atoms with E-state index in [1.54, 1.807) is 24.3 Å². The molecule has 0 radical (unpaired) electrons. The van der Waals surface area contributed by atoms with Crippen molar-refractivity contribution in [2.24, 2.45) is 0 Å². The molecular weight excluding hydrogens is 540 g/mol. The summed E-state index contributed by atoms with van der Waals surface area (Å²) in [6.45, 7) is -1.07. The average Bonchev–Trinajstić information content (AvgIpc) is 2.84. The maximum absolute atomic E-state index is 12.9. The van der Waals surface area contributed by atoms with Crippen LogP contribution in [0, 0.1) is 0 Å². The Morgan fingerprint density at radius 3 is 1.70 bits per heavy atom. The summed E-state index contributed by atoms with van der Waals surface area (Å²) in [5.41, 5.74) is 0.0713. The minimum absolute atomic E-state index is 0.00689. The van der Waals surface area contributed by atoms with Gasteiger partial charge in [-0.15, -0.1) is 0 Å². The van der Waals surface area contributed by atoms with E-state index in [0.717, 1.165) is 7.11 Å². The van der Waals surface area contributed by atoms with Crippen LogP contribution in [0.2, 0.25) is 0 Å². The molecule has 0 aliphatic carbocycles. The molecule has 16 heteroatoms. The van der Waals surface area contributed by atoms with Crippen molar-refractivity contribution in [1.82, 2.24) is 0 Å². The summed E-state index contributed by atoms with van der Waals surface area (Å²) in [5.74, 6) is -1.98. The van der Waals surface area contributed by atoms with Gasteiger partial charge in [0.1, 0.15) is 12.2 Å². The highest BCUT2D eigenvalue weighted by Crippen LogP contribution is 2.31. The first kappa shape index (κ1) is 28.6. The Bertz CT molecular complexity index is 1280. The van der Waals surface area contributed by atoms with Gasteiger partial charge in [0, 0.05) is 7.11 Å². The van der Waals surface area contributed by atoms with Crippen LogP contribution in [0.1, 0.15) is 20.7 Å². The van der Waals surface area contributed by atoms with Crippen LogP contribution >= 0.6 is 0 Å². The predicted molar refractivity (Wildman–Crippen MR) is 121 cm³/mol. The van der Waals surface area contributed by atoms with E-state index in [2.05, 4.69) is 8.37 Å². The smallest absolute Gasteiger partial charge is 0.397 e. The zero-order valence-electron chi connectivity index (χ0n) is 19.0. The van der Waals surface area contributed by atoms with E-state index in [9.17, 15) is 31.0 Å². The third kappa shape index (κ3) is 8.27. The summed E-state index contributed by atoms with van der Waals surface area (Å²) >= 11 is 0. The first-order chi connectivity index (χ1) is 17.4. The molecule has 202 valence electrons. The van der Waals surface area contributed by atoms with E-state index in [-0.39, 0.29) is 11.1 Å². The Morgan fingerprint density at radius 2 is 1.27 bits per heavy atom.